The fourth-order valence-electron chi connectivity index (χ4n) is 2.12. The molecule has 0 unspecified atom stereocenters. The standard InChI is InChI=1S/C15H12N6OS/c16-12-11-13(19-8-18-11)21-15(20-12)23-7-10-6-17-14(22-10)9-4-2-1-3-5-9/h1-6,8H,7H2,(H3,16,18,19,20,21). The average Bonchev–Trinajstić information content (AvgIpc) is 3.23. The van der Waals surface area contributed by atoms with E-state index < -0.39 is 0 Å². The minimum atomic E-state index is 0.387. The Balaban J connectivity index is 1.51. The summed E-state index contributed by atoms with van der Waals surface area (Å²) in [4.78, 5) is 19.9. The third-order valence-corrected chi connectivity index (χ3v) is 4.08. The summed E-state index contributed by atoms with van der Waals surface area (Å²) in [5.41, 5.74) is 8.04. The molecule has 1 aromatic carbocycles. The predicted molar refractivity (Wildman–Crippen MR) is 87.6 cm³/mol. The summed E-state index contributed by atoms with van der Waals surface area (Å²) < 4.78 is 5.75. The molecule has 3 N–H and O–H groups in total. The second kappa shape index (κ2) is 5.73. The number of hydrogen-bond acceptors (Lipinski definition) is 7. The van der Waals surface area contributed by atoms with Crippen LogP contribution in [0.25, 0.3) is 22.6 Å². The third kappa shape index (κ3) is 2.76. The first-order valence-corrected chi connectivity index (χ1v) is 7.87. The number of aromatic amines is 1. The number of benzene rings is 1. The van der Waals surface area contributed by atoms with Crippen LogP contribution in [-0.4, -0.2) is 24.9 Å². The van der Waals surface area contributed by atoms with E-state index in [-0.39, 0.29) is 0 Å². The molecule has 0 bridgehead atoms. The molecule has 0 fully saturated rings. The van der Waals surface area contributed by atoms with Crippen LogP contribution in [0.4, 0.5) is 5.82 Å². The number of hydrogen-bond donors (Lipinski definition) is 2. The summed E-state index contributed by atoms with van der Waals surface area (Å²) in [5, 5.41) is 0.555. The topological polar surface area (TPSA) is 107 Å². The van der Waals surface area contributed by atoms with Gasteiger partial charge < -0.3 is 15.1 Å². The Morgan fingerprint density at radius 1 is 1.13 bits per heavy atom. The molecule has 7 nitrogen and oxygen atoms in total. The number of fused-ring (bicyclic) bond motifs is 1. The Bertz CT molecular complexity index is 949. The monoisotopic (exact) mass is 324 g/mol. The van der Waals surface area contributed by atoms with Gasteiger partial charge in [-0.3, -0.25) is 0 Å². The van der Waals surface area contributed by atoms with Gasteiger partial charge in [0, 0.05) is 5.56 Å². The molecule has 0 amide bonds. The predicted octanol–water partition coefficient (Wildman–Crippen LogP) is 2.88. The zero-order valence-corrected chi connectivity index (χ0v) is 12.7. The van der Waals surface area contributed by atoms with Crippen LogP contribution in [0.15, 0.2) is 52.4 Å². The fourth-order valence-corrected chi connectivity index (χ4v) is 2.84. The molecule has 8 heteroatoms. The first kappa shape index (κ1) is 13.8. The molecule has 4 rings (SSSR count). The molecule has 114 valence electrons. The number of nitrogens with one attached hydrogen (secondary N) is 1. The van der Waals surface area contributed by atoms with Gasteiger partial charge in [-0.2, -0.15) is 0 Å². The lowest BCUT2D eigenvalue weighted by atomic mass is 10.2. The molecule has 0 aliphatic carbocycles. The van der Waals surface area contributed by atoms with Crippen molar-refractivity contribution >= 4 is 28.7 Å². The highest BCUT2D eigenvalue weighted by molar-refractivity contribution is 7.98. The highest BCUT2D eigenvalue weighted by Gasteiger charge is 2.10. The minimum Gasteiger partial charge on any atom is -0.440 e. The van der Waals surface area contributed by atoms with E-state index in [0.717, 1.165) is 11.3 Å². The largest absolute Gasteiger partial charge is 0.440 e. The van der Waals surface area contributed by atoms with Crippen molar-refractivity contribution in [3.63, 3.8) is 0 Å². The summed E-state index contributed by atoms with van der Waals surface area (Å²) in [6, 6.07) is 9.76. The Morgan fingerprint density at radius 2 is 2.00 bits per heavy atom. The van der Waals surface area contributed by atoms with E-state index in [1.807, 2.05) is 30.3 Å². The van der Waals surface area contributed by atoms with Crippen molar-refractivity contribution in [2.24, 2.45) is 0 Å². The van der Waals surface area contributed by atoms with Crippen molar-refractivity contribution in [3.8, 4) is 11.5 Å². The summed E-state index contributed by atoms with van der Waals surface area (Å²) in [7, 11) is 0. The third-order valence-electron chi connectivity index (χ3n) is 3.21. The van der Waals surface area contributed by atoms with E-state index >= 15 is 0 Å². The van der Waals surface area contributed by atoms with Gasteiger partial charge in [-0.1, -0.05) is 30.0 Å². The molecule has 0 saturated carbocycles. The van der Waals surface area contributed by atoms with Gasteiger partial charge >= 0.3 is 0 Å². The number of nitrogens with zero attached hydrogens (tertiary/aromatic N) is 4. The second-order valence-electron chi connectivity index (χ2n) is 4.78. The van der Waals surface area contributed by atoms with Gasteiger partial charge in [-0.25, -0.2) is 19.9 Å². The van der Waals surface area contributed by atoms with Crippen molar-refractivity contribution in [1.82, 2.24) is 24.9 Å². The Morgan fingerprint density at radius 3 is 2.87 bits per heavy atom. The molecule has 4 aromatic rings. The first-order valence-electron chi connectivity index (χ1n) is 6.89. The first-order chi connectivity index (χ1) is 11.3. The van der Waals surface area contributed by atoms with Crippen molar-refractivity contribution in [2.75, 3.05) is 5.73 Å². The number of imidazole rings is 1. The van der Waals surface area contributed by atoms with Crippen LogP contribution in [0.1, 0.15) is 5.76 Å². The maximum absolute atomic E-state index is 5.88. The molecule has 0 aliphatic rings. The van der Waals surface area contributed by atoms with Gasteiger partial charge in [0.05, 0.1) is 18.3 Å². The molecular weight excluding hydrogens is 312 g/mol. The van der Waals surface area contributed by atoms with Gasteiger partial charge in [-0.05, 0) is 12.1 Å². The van der Waals surface area contributed by atoms with E-state index in [1.165, 1.54) is 11.8 Å². The van der Waals surface area contributed by atoms with Crippen LogP contribution in [0, 0.1) is 0 Å². The number of aromatic nitrogens is 5. The highest BCUT2D eigenvalue weighted by atomic mass is 32.2. The van der Waals surface area contributed by atoms with Crippen molar-refractivity contribution in [3.05, 3.63) is 48.6 Å². The van der Waals surface area contributed by atoms with Gasteiger partial charge in [-0.15, -0.1) is 0 Å². The number of H-pyrrole nitrogens is 1. The Labute approximate surface area is 135 Å². The lowest BCUT2D eigenvalue weighted by Crippen LogP contribution is -1.96. The van der Waals surface area contributed by atoms with Gasteiger partial charge in [0.15, 0.2) is 16.6 Å². The number of anilines is 1. The molecule has 3 heterocycles. The SMILES string of the molecule is Nc1nc(SCc2cnc(-c3ccccc3)o2)nc2nc[nH]c12. The second-order valence-corrected chi connectivity index (χ2v) is 5.72. The van der Waals surface area contributed by atoms with E-state index in [1.54, 1.807) is 12.5 Å². The molecule has 23 heavy (non-hydrogen) atoms. The highest BCUT2D eigenvalue weighted by Crippen LogP contribution is 2.25. The van der Waals surface area contributed by atoms with Crippen LogP contribution in [0.5, 0.6) is 0 Å². The number of thioether (sulfide) groups is 1. The van der Waals surface area contributed by atoms with Crippen molar-refractivity contribution < 1.29 is 4.42 Å². The molecule has 0 aliphatic heterocycles. The maximum atomic E-state index is 5.88. The van der Waals surface area contributed by atoms with E-state index in [9.17, 15) is 0 Å². The van der Waals surface area contributed by atoms with E-state index in [2.05, 4.69) is 24.9 Å². The van der Waals surface area contributed by atoms with E-state index in [0.29, 0.717) is 33.8 Å². The van der Waals surface area contributed by atoms with Crippen molar-refractivity contribution in [1.29, 1.82) is 0 Å². The lowest BCUT2D eigenvalue weighted by Gasteiger charge is -2.00. The van der Waals surface area contributed by atoms with Gasteiger partial charge in [0.1, 0.15) is 11.3 Å². The molecule has 3 aromatic heterocycles. The molecule has 0 radical (unpaired) electrons. The Kier molecular flexibility index (Phi) is 3.43. The fraction of sp³-hybridized carbons (Fsp3) is 0.0667. The smallest absolute Gasteiger partial charge is 0.226 e. The molecule has 0 atom stereocenters. The summed E-state index contributed by atoms with van der Waals surface area (Å²) >= 11 is 1.42. The van der Waals surface area contributed by atoms with E-state index in [4.69, 9.17) is 10.2 Å². The summed E-state index contributed by atoms with van der Waals surface area (Å²) in [6.07, 6.45) is 3.26. The normalized spacial score (nSPS) is 11.1. The maximum Gasteiger partial charge on any atom is 0.226 e. The molecular formula is C15H12N6OS. The van der Waals surface area contributed by atoms with Crippen LogP contribution in [-0.2, 0) is 5.75 Å². The summed E-state index contributed by atoms with van der Waals surface area (Å²) in [6.45, 7) is 0. The quantitative estimate of drug-likeness (QED) is 0.439. The zero-order valence-electron chi connectivity index (χ0n) is 11.9. The van der Waals surface area contributed by atoms with Crippen LogP contribution in [0.2, 0.25) is 0 Å². The van der Waals surface area contributed by atoms with Crippen LogP contribution in [0.3, 0.4) is 0 Å². The zero-order chi connectivity index (χ0) is 15.6. The lowest BCUT2D eigenvalue weighted by molar-refractivity contribution is 0.538. The average molecular weight is 324 g/mol. The minimum absolute atomic E-state index is 0.387. The van der Waals surface area contributed by atoms with Gasteiger partial charge in [0.25, 0.3) is 0 Å². The molecule has 0 saturated heterocycles. The molecule has 0 spiro atoms. The van der Waals surface area contributed by atoms with Crippen LogP contribution < -0.4 is 5.73 Å². The number of nitrogens with two attached hydrogens (primary N) is 1. The van der Waals surface area contributed by atoms with Crippen molar-refractivity contribution in [2.45, 2.75) is 10.9 Å². The number of rotatable bonds is 4. The van der Waals surface area contributed by atoms with Gasteiger partial charge in [0.2, 0.25) is 5.89 Å². The Hall–Kier alpha value is -2.87. The van der Waals surface area contributed by atoms with Crippen LogP contribution >= 0.6 is 11.8 Å². The number of nitrogen functional groups attached to an aromatic ring is 1. The number of oxazole rings is 1. The summed E-state index contributed by atoms with van der Waals surface area (Å²) in [5.74, 6) is 2.30.